The van der Waals surface area contributed by atoms with Crippen LogP contribution in [0.1, 0.15) is 11.7 Å². The zero-order chi connectivity index (χ0) is 8.97. The van der Waals surface area contributed by atoms with Gasteiger partial charge >= 0.3 is 0 Å². The quantitative estimate of drug-likeness (QED) is 0.701. The Kier molecular flexibility index (Phi) is 3.25. The summed E-state index contributed by atoms with van der Waals surface area (Å²) in [6.07, 6.45) is 2.47. The van der Waals surface area contributed by atoms with Crippen molar-refractivity contribution >= 4 is 0 Å². The molecule has 1 rings (SSSR count). The van der Waals surface area contributed by atoms with Crippen LogP contribution in [0.25, 0.3) is 0 Å². The Morgan fingerprint density at radius 1 is 1.58 bits per heavy atom. The predicted octanol–water partition coefficient (Wildman–Crippen LogP) is 0.237. The zero-order valence-electron chi connectivity index (χ0n) is 7.58. The van der Waals surface area contributed by atoms with Crippen LogP contribution in [0, 0.1) is 0 Å². The summed E-state index contributed by atoms with van der Waals surface area (Å²) < 4.78 is 5.40. The lowest BCUT2D eigenvalue weighted by molar-refractivity contribution is 0.340. The van der Waals surface area contributed by atoms with Crippen LogP contribution < -0.4 is 5.73 Å². The number of nitrogens with two attached hydrogens (primary N) is 1. The van der Waals surface area contributed by atoms with Crippen LogP contribution in [0.15, 0.2) is 10.6 Å². The Balaban J connectivity index is 2.52. The molecule has 4 nitrogen and oxygen atoms in total. The molecule has 0 spiro atoms. The number of oxazole rings is 1. The van der Waals surface area contributed by atoms with Crippen molar-refractivity contribution in [3.05, 3.63) is 17.8 Å². The molecule has 0 aromatic carbocycles. The zero-order valence-corrected chi connectivity index (χ0v) is 7.58. The first kappa shape index (κ1) is 9.22. The number of hydrogen-bond acceptors (Lipinski definition) is 4. The number of nitrogens with zero attached hydrogens (tertiary/aromatic N) is 2. The molecule has 1 heterocycles. The molecule has 0 aliphatic rings. The van der Waals surface area contributed by atoms with E-state index < -0.39 is 0 Å². The maximum absolute atomic E-state index is 5.40. The summed E-state index contributed by atoms with van der Waals surface area (Å²) in [5.41, 5.74) is 5.36. The normalized spacial score (nSPS) is 11.0. The molecule has 0 aliphatic heterocycles. The molecule has 0 saturated heterocycles. The molecule has 0 saturated carbocycles. The molecular formula is C8H15N3O. The van der Waals surface area contributed by atoms with E-state index in [0.29, 0.717) is 13.0 Å². The first-order chi connectivity index (χ1) is 5.72. The van der Waals surface area contributed by atoms with Crippen LogP contribution in [-0.4, -0.2) is 30.5 Å². The summed E-state index contributed by atoms with van der Waals surface area (Å²) in [4.78, 5) is 6.12. The molecule has 68 valence electrons. The molecule has 0 radical (unpaired) electrons. The lowest BCUT2D eigenvalue weighted by Crippen LogP contribution is -2.09. The van der Waals surface area contributed by atoms with Gasteiger partial charge in [-0.2, -0.15) is 0 Å². The summed E-state index contributed by atoms with van der Waals surface area (Å²) in [5, 5.41) is 0. The summed E-state index contributed by atoms with van der Waals surface area (Å²) in [5.74, 6) is 1.62. The molecule has 1 aromatic heterocycles. The van der Waals surface area contributed by atoms with Gasteiger partial charge in [0.2, 0.25) is 0 Å². The Hall–Kier alpha value is -0.870. The van der Waals surface area contributed by atoms with Crippen molar-refractivity contribution in [2.75, 3.05) is 20.6 Å². The minimum absolute atomic E-state index is 0.585. The van der Waals surface area contributed by atoms with Crippen molar-refractivity contribution < 1.29 is 4.42 Å². The van der Waals surface area contributed by atoms with E-state index in [9.17, 15) is 0 Å². The van der Waals surface area contributed by atoms with Crippen LogP contribution >= 0.6 is 0 Å². The molecule has 0 amide bonds. The second kappa shape index (κ2) is 4.23. The van der Waals surface area contributed by atoms with Crippen molar-refractivity contribution in [2.24, 2.45) is 5.73 Å². The summed E-state index contributed by atoms with van der Waals surface area (Å²) in [6, 6.07) is 0. The molecular weight excluding hydrogens is 154 g/mol. The van der Waals surface area contributed by atoms with E-state index in [1.54, 1.807) is 6.20 Å². The standard InChI is InChI=1S/C8H15N3O/c1-11(2)6-7-5-10-8(12-7)3-4-9/h5H,3-4,6,9H2,1-2H3. The van der Waals surface area contributed by atoms with Crippen molar-refractivity contribution in [3.8, 4) is 0 Å². The van der Waals surface area contributed by atoms with Gasteiger partial charge in [-0.15, -0.1) is 0 Å². The third-order valence-corrected chi connectivity index (χ3v) is 1.43. The van der Waals surface area contributed by atoms with Crippen molar-refractivity contribution in [1.29, 1.82) is 0 Å². The van der Waals surface area contributed by atoms with Gasteiger partial charge in [0.05, 0.1) is 12.7 Å². The number of aromatic nitrogens is 1. The molecule has 1 aromatic rings. The number of rotatable bonds is 4. The first-order valence-electron chi connectivity index (χ1n) is 4.00. The van der Waals surface area contributed by atoms with Gasteiger partial charge in [-0.25, -0.2) is 4.98 Å². The monoisotopic (exact) mass is 169 g/mol. The Morgan fingerprint density at radius 2 is 2.33 bits per heavy atom. The molecule has 2 N–H and O–H groups in total. The first-order valence-corrected chi connectivity index (χ1v) is 4.00. The Bertz CT molecular complexity index is 232. The Labute approximate surface area is 72.4 Å². The smallest absolute Gasteiger partial charge is 0.195 e. The maximum atomic E-state index is 5.40. The second-order valence-electron chi connectivity index (χ2n) is 3.00. The fourth-order valence-corrected chi connectivity index (χ4v) is 0.972. The molecule has 4 heteroatoms. The summed E-state index contributed by atoms with van der Waals surface area (Å²) in [7, 11) is 3.98. The molecule has 0 fully saturated rings. The molecule has 12 heavy (non-hydrogen) atoms. The minimum Gasteiger partial charge on any atom is -0.444 e. The van der Waals surface area contributed by atoms with Crippen LogP contribution in [0.5, 0.6) is 0 Å². The lowest BCUT2D eigenvalue weighted by atomic mass is 10.4. The number of hydrogen-bond donors (Lipinski definition) is 1. The van der Waals surface area contributed by atoms with Gasteiger partial charge in [-0.05, 0) is 14.1 Å². The molecule has 0 unspecified atom stereocenters. The van der Waals surface area contributed by atoms with E-state index >= 15 is 0 Å². The van der Waals surface area contributed by atoms with E-state index in [0.717, 1.165) is 18.2 Å². The van der Waals surface area contributed by atoms with Crippen molar-refractivity contribution in [1.82, 2.24) is 9.88 Å². The van der Waals surface area contributed by atoms with Crippen LogP contribution in [-0.2, 0) is 13.0 Å². The predicted molar refractivity (Wildman–Crippen MR) is 46.7 cm³/mol. The average Bonchev–Trinajstić information content (AvgIpc) is 2.36. The molecule has 0 aliphatic carbocycles. The Morgan fingerprint density at radius 3 is 2.92 bits per heavy atom. The highest BCUT2D eigenvalue weighted by Gasteiger charge is 2.02. The van der Waals surface area contributed by atoms with E-state index in [4.69, 9.17) is 10.2 Å². The molecule has 0 atom stereocenters. The highest BCUT2D eigenvalue weighted by Crippen LogP contribution is 2.05. The average molecular weight is 169 g/mol. The van der Waals surface area contributed by atoms with E-state index in [2.05, 4.69) is 4.98 Å². The fourth-order valence-electron chi connectivity index (χ4n) is 0.972. The van der Waals surface area contributed by atoms with Crippen LogP contribution in [0.4, 0.5) is 0 Å². The van der Waals surface area contributed by atoms with E-state index in [1.165, 1.54) is 0 Å². The highest BCUT2D eigenvalue weighted by atomic mass is 16.4. The third-order valence-electron chi connectivity index (χ3n) is 1.43. The van der Waals surface area contributed by atoms with Gasteiger partial charge < -0.3 is 15.1 Å². The fraction of sp³-hybridized carbons (Fsp3) is 0.625. The van der Waals surface area contributed by atoms with Gasteiger partial charge in [0.15, 0.2) is 5.89 Å². The largest absolute Gasteiger partial charge is 0.444 e. The van der Waals surface area contributed by atoms with E-state index in [1.807, 2.05) is 19.0 Å². The highest BCUT2D eigenvalue weighted by molar-refractivity contribution is 4.93. The van der Waals surface area contributed by atoms with Gasteiger partial charge in [0.25, 0.3) is 0 Å². The van der Waals surface area contributed by atoms with Gasteiger partial charge in [0, 0.05) is 13.0 Å². The third kappa shape index (κ3) is 2.64. The van der Waals surface area contributed by atoms with Crippen LogP contribution in [0.3, 0.4) is 0 Å². The molecule has 0 bridgehead atoms. The van der Waals surface area contributed by atoms with Gasteiger partial charge in [-0.1, -0.05) is 0 Å². The summed E-state index contributed by atoms with van der Waals surface area (Å²) in [6.45, 7) is 1.37. The lowest BCUT2D eigenvalue weighted by Gasteiger charge is -2.04. The van der Waals surface area contributed by atoms with Crippen molar-refractivity contribution in [2.45, 2.75) is 13.0 Å². The minimum atomic E-state index is 0.585. The van der Waals surface area contributed by atoms with E-state index in [-0.39, 0.29) is 0 Å². The van der Waals surface area contributed by atoms with Gasteiger partial charge in [-0.3, -0.25) is 0 Å². The second-order valence-corrected chi connectivity index (χ2v) is 3.00. The van der Waals surface area contributed by atoms with Crippen LogP contribution in [0.2, 0.25) is 0 Å². The van der Waals surface area contributed by atoms with Crippen molar-refractivity contribution in [3.63, 3.8) is 0 Å². The maximum Gasteiger partial charge on any atom is 0.195 e. The SMILES string of the molecule is CN(C)Cc1cnc(CCN)o1. The summed E-state index contributed by atoms with van der Waals surface area (Å²) >= 11 is 0. The van der Waals surface area contributed by atoms with Gasteiger partial charge in [0.1, 0.15) is 5.76 Å². The topological polar surface area (TPSA) is 55.3 Å².